The van der Waals surface area contributed by atoms with Gasteiger partial charge in [-0.25, -0.2) is 0 Å². The molecule has 1 unspecified atom stereocenters. The Kier molecular flexibility index (Phi) is 4.40. The average molecular weight is 279 g/mol. The van der Waals surface area contributed by atoms with Crippen LogP contribution >= 0.6 is 0 Å². The summed E-state index contributed by atoms with van der Waals surface area (Å²) in [6, 6.07) is 17.8. The van der Waals surface area contributed by atoms with Crippen molar-refractivity contribution in [2.24, 2.45) is 5.73 Å². The largest absolute Gasteiger partial charge is 0.324 e. The molecule has 0 saturated heterocycles. The Hall–Kier alpha value is -1.60. The van der Waals surface area contributed by atoms with Crippen LogP contribution in [0, 0.1) is 6.92 Å². The third-order valence-electron chi connectivity index (χ3n) is 4.81. The molecule has 1 aliphatic carbocycles. The lowest BCUT2D eigenvalue weighted by molar-refractivity contribution is 0.414. The van der Waals surface area contributed by atoms with E-state index >= 15 is 0 Å². The van der Waals surface area contributed by atoms with Crippen LogP contribution in [-0.2, 0) is 6.42 Å². The number of rotatable bonds is 5. The zero-order valence-electron chi connectivity index (χ0n) is 12.9. The molecule has 1 nitrogen and oxygen atoms in total. The molecule has 2 aromatic rings. The average Bonchev–Trinajstić information content (AvgIpc) is 2.45. The molecule has 1 saturated carbocycles. The van der Waals surface area contributed by atoms with Crippen LogP contribution in [0.2, 0.25) is 0 Å². The maximum atomic E-state index is 6.49. The van der Waals surface area contributed by atoms with E-state index in [0.717, 1.165) is 18.8 Å². The minimum atomic E-state index is 0.156. The first-order chi connectivity index (χ1) is 10.2. The standard InChI is InChI=1S/C20H25N/c1-15-9-11-16(12-10-15)13-14-20(21)19-8-3-2-7-18(19)17-5-4-6-17/h2-3,7-12,17,20H,4-6,13-14,21H2,1H3. The predicted octanol–water partition coefficient (Wildman–Crippen LogP) is 4.90. The van der Waals surface area contributed by atoms with Crippen LogP contribution in [0.25, 0.3) is 0 Å². The van der Waals surface area contributed by atoms with E-state index in [0.29, 0.717) is 0 Å². The van der Waals surface area contributed by atoms with E-state index in [2.05, 4.69) is 55.5 Å². The Balaban J connectivity index is 1.67. The Morgan fingerprint density at radius 1 is 1.05 bits per heavy atom. The summed E-state index contributed by atoms with van der Waals surface area (Å²) in [5, 5.41) is 0. The van der Waals surface area contributed by atoms with E-state index in [1.165, 1.54) is 41.5 Å². The maximum absolute atomic E-state index is 6.49. The summed E-state index contributed by atoms with van der Waals surface area (Å²) in [6.07, 6.45) is 6.12. The fraction of sp³-hybridized carbons (Fsp3) is 0.400. The van der Waals surface area contributed by atoms with Crippen molar-refractivity contribution < 1.29 is 0 Å². The first kappa shape index (κ1) is 14.3. The van der Waals surface area contributed by atoms with Crippen LogP contribution in [-0.4, -0.2) is 0 Å². The Labute approximate surface area is 128 Å². The molecule has 2 N–H and O–H groups in total. The third-order valence-corrected chi connectivity index (χ3v) is 4.81. The molecule has 2 aromatic carbocycles. The molecule has 0 aromatic heterocycles. The summed E-state index contributed by atoms with van der Waals surface area (Å²) >= 11 is 0. The summed E-state index contributed by atoms with van der Waals surface area (Å²) in [4.78, 5) is 0. The number of benzene rings is 2. The molecule has 21 heavy (non-hydrogen) atoms. The molecule has 3 rings (SSSR count). The Morgan fingerprint density at radius 3 is 2.43 bits per heavy atom. The van der Waals surface area contributed by atoms with Gasteiger partial charge in [0, 0.05) is 6.04 Å². The summed E-state index contributed by atoms with van der Waals surface area (Å²) in [7, 11) is 0. The van der Waals surface area contributed by atoms with Crippen molar-refractivity contribution in [3.8, 4) is 0 Å². The van der Waals surface area contributed by atoms with E-state index in [-0.39, 0.29) is 6.04 Å². The molecule has 110 valence electrons. The fourth-order valence-corrected chi connectivity index (χ4v) is 3.17. The van der Waals surface area contributed by atoms with Gasteiger partial charge in [0.25, 0.3) is 0 Å². The second-order valence-electron chi connectivity index (χ2n) is 6.39. The molecule has 0 aliphatic heterocycles. The van der Waals surface area contributed by atoms with Gasteiger partial charge >= 0.3 is 0 Å². The number of hydrogen-bond acceptors (Lipinski definition) is 1. The molecule has 0 radical (unpaired) electrons. The van der Waals surface area contributed by atoms with Crippen LogP contribution < -0.4 is 5.73 Å². The fourth-order valence-electron chi connectivity index (χ4n) is 3.17. The quantitative estimate of drug-likeness (QED) is 0.828. The smallest absolute Gasteiger partial charge is 0.0300 e. The highest BCUT2D eigenvalue weighted by atomic mass is 14.6. The second-order valence-corrected chi connectivity index (χ2v) is 6.39. The first-order valence-corrected chi connectivity index (χ1v) is 8.14. The lowest BCUT2D eigenvalue weighted by Gasteiger charge is -2.29. The van der Waals surface area contributed by atoms with Crippen molar-refractivity contribution in [1.29, 1.82) is 0 Å². The van der Waals surface area contributed by atoms with E-state index < -0.39 is 0 Å². The minimum Gasteiger partial charge on any atom is -0.324 e. The lowest BCUT2D eigenvalue weighted by atomic mass is 9.77. The van der Waals surface area contributed by atoms with Crippen LogP contribution in [0.3, 0.4) is 0 Å². The highest BCUT2D eigenvalue weighted by molar-refractivity contribution is 5.34. The van der Waals surface area contributed by atoms with Gasteiger partial charge in [0.2, 0.25) is 0 Å². The molecule has 0 bridgehead atoms. The zero-order valence-corrected chi connectivity index (χ0v) is 12.9. The van der Waals surface area contributed by atoms with Gasteiger partial charge in [-0.3, -0.25) is 0 Å². The molecular weight excluding hydrogens is 254 g/mol. The molecule has 0 heterocycles. The van der Waals surface area contributed by atoms with Gasteiger partial charge in [0.05, 0.1) is 0 Å². The summed E-state index contributed by atoms with van der Waals surface area (Å²) in [5.74, 6) is 0.756. The molecule has 1 aliphatic rings. The van der Waals surface area contributed by atoms with Crippen LogP contribution in [0.4, 0.5) is 0 Å². The number of hydrogen-bond donors (Lipinski definition) is 1. The van der Waals surface area contributed by atoms with Gasteiger partial charge in [0.1, 0.15) is 0 Å². The van der Waals surface area contributed by atoms with E-state index in [1.54, 1.807) is 0 Å². The SMILES string of the molecule is Cc1ccc(CCC(N)c2ccccc2C2CCC2)cc1. The van der Waals surface area contributed by atoms with Crippen LogP contribution in [0.15, 0.2) is 48.5 Å². The monoisotopic (exact) mass is 279 g/mol. The minimum absolute atomic E-state index is 0.156. The topological polar surface area (TPSA) is 26.0 Å². The zero-order chi connectivity index (χ0) is 14.7. The summed E-state index contributed by atoms with van der Waals surface area (Å²) in [6.45, 7) is 2.13. The first-order valence-electron chi connectivity index (χ1n) is 8.14. The highest BCUT2D eigenvalue weighted by Gasteiger charge is 2.23. The van der Waals surface area contributed by atoms with Gasteiger partial charge in [-0.2, -0.15) is 0 Å². The van der Waals surface area contributed by atoms with Gasteiger partial charge in [-0.15, -0.1) is 0 Å². The van der Waals surface area contributed by atoms with Gasteiger partial charge in [0.15, 0.2) is 0 Å². The van der Waals surface area contributed by atoms with E-state index in [1.807, 2.05) is 0 Å². The molecule has 1 fully saturated rings. The number of aryl methyl sites for hydroxylation is 2. The van der Waals surface area contributed by atoms with Crippen molar-refractivity contribution in [3.63, 3.8) is 0 Å². The van der Waals surface area contributed by atoms with Crippen molar-refractivity contribution in [3.05, 3.63) is 70.8 Å². The maximum Gasteiger partial charge on any atom is 0.0300 e. The summed E-state index contributed by atoms with van der Waals surface area (Å²) < 4.78 is 0. The second kappa shape index (κ2) is 6.44. The molecule has 1 atom stereocenters. The van der Waals surface area contributed by atoms with Crippen molar-refractivity contribution in [2.45, 2.75) is 51.0 Å². The van der Waals surface area contributed by atoms with Gasteiger partial charge < -0.3 is 5.73 Å². The lowest BCUT2D eigenvalue weighted by Crippen LogP contribution is -2.18. The van der Waals surface area contributed by atoms with Crippen molar-refractivity contribution in [2.75, 3.05) is 0 Å². The number of nitrogens with two attached hydrogens (primary N) is 1. The predicted molar refractivity (Wildman–Crippen MR) is 89.5 cm³/mol. The molecular formula is C20H25N. The van der Waals surface area contributed by atoms with Crippen molar-refractivity contribution >= 4 is 0 Å². The van der Waals surface area contributed by atoms with Crippen molar-refractivity contribution in [1.82, 2.24) is 0 Å². The van der Waals surface area contributed by atoms with E-state index in [9.17, 15) is 0 Å². The van der Waals surface area contributed by atoms with Gasteiger partial charge in [-0.1, -0.05) is 60.5 Å². The highest BCUT2D eigenvalue weighted by Crippen LogP contribution is 2.39. The normalized spacial score (nSPS) is 16.5. The molecule has 1 heteroatoms. The van der Waals surface area contributed by atoms with Gasteiger partial charge in [-0.05, 0) is 55.2 Å². The Bertz CT molecular complexity index is 581. The molecule has 0 amide bonds. The molecule has 0 spiro atoms. The third kappa shape index (κ3) is 3.36. The Morgan fingerprint density at radius 2 is 1.76 bits per heavy atom. The van der Waals surface area contributed by atoms with Crippen LogP contribution in [0.1, 0.15) is 59.9 Å². The summed E-state index contributed by atoms with van der Waals surface area (Å²) in [5.41, 5.74) is 12.1. The van der Waals surface area contributed by atoms with Crippen LogP contribution in [0.5, 0.6) is 0 Å². The van der Waals surface area contributed by atoms with E-state index in [4.69, 9.17) is 5.73 Å².